The van der Waals surface area contributed by atoms with E-state index in [2.05, 4.69) is 12.1 Å². The lowest BCUT2D eigenvalue weighted by molar-refractivity contribution is -0.136. The Morgan fingerprint density at radius 3 is 2.45 bits per heavy atom. The van der Waals surface area contributed by atoms with Crippen LogP contribution in [0.4, 0.5) is 0 Å². The van der Waals surface area contributed by atoms with E-state index < -0.39 is 5.97 Å². The van der Waals surface area contributed by atoms with Crippen LogP contribution in [0.5, 0.6) is 5.75 Å². The first kappa shape index (κ1) is 14.1. The molecule has 0 spiro atoms. The summed E-state index contributed by atoms with van der Waals surface area (Å²) in [5, 5.41) is 8.86. The number of carbonyl (C=O) groups is 1. The van der Waals surface area contributed by atoms with E-state index in [9.17, 15) is 4.79 Å². The number of rotatable bonds is 7. The summed E-state index contributed by atoms with van der Waals surface area (Å²) in [5.41, 5.74) is 2.01. The van der Waals surface area contributed by atoms with Crippen molar-refractivity contribution in [3.05, 3.63) is 65.7 Å². The normalized spacial score (nSPS) is 10.2. The minimum atomic E-state index is -0.842. The standard InChI is InChI=1S/C17H18O3/c18-17(19)13-15-10-4-5-11-16(15)20-12-6-9-14-7-2-1-3-8-14/h1-5,7-8,10-11H,6,9,12-13H2,(H,18,19). The molecule has 0 aliphatic heterocycles. The highest BCUT2D eigenvalue weighted by molar-refractivity contribution is 5.71. The molecule has 0 saturated carbocycles. The van der Waals surface area contributed by atoms with E-state index in [1.165, 1.54) is 5.56 Å². The van der Waals surface area contributed by atoms with Gasteiger partial charge in [-0.2, -0.15) is 0 Å². The zero-order valence-electron chi connectivity index (χ0n) is 11.3. The smallest absolute Gasteiger partial charge is 0.307 e. The van der Waals surface area contributed by atoms with Crippen LogP contribution in [0, 0.1) is 0 Å². The van der Waals surface area contributed by atoms with E-state index >= 15 is 0 Å². The minimum absolute atomic E-state index is 0.00510. The molecule has 2 aromatic rings. The van der Waals surface area contributed by atoms with Crippen LogP contribution in [0.25, 0.3) is 0 Å². The topological polar surface area (TPSA) is 46.5 Å². The molecule has 0 atom stereocenters. The molecule has 0 unspecified atom stereocenters. The molecular formula is C17H18O3. The van der Waals surface area contributed by atoms with Gasteiger partial charge in [-0.3, -0.25) is 4.79 Å². The first-order valence-electron chi connectivity index (χ1n) is 6.72. The molecule has 0 aliphatic rings. The third-order valence-corrected chi connectivity index (χ3v) is 3.02. The number of benzene rings is 2. The van der Waals surface area contributed by atoms with Crippen LogP contribution in [0.2, 0.25) is 0 Å². The van der Waals surface area contributed by atoms with Crippen molar-refractivity contribution in [3.8, 4) is 5.75 Å². The molecule has 20 heavy (non-hydrogen) atoms. The van der Waals surface area contributed by atoms with E-state index in [0.717, 1.165) is 18.4 Å². The molecule has 0 aliphatic carbocycles. The Morgan fingerprint density at radius 2 is 1.70 bits per heavy atom. The number of aliphatic carboxylic acids is 1. The Kier molecular flexibility index (Phi) is 5.18. The molecule has 0 fully saturated rings. The molecule has 0 saturated heterocycles. The highest BCUT2D eigenvalue weighted by atomic mass is 16.5. The monoisotopic (exact) mass is 270 g/mol. The molecule has 3 heteroatoms. The van der Waals surface area contributed by atoms with E-state index in [0.29, 0.717) is 12.4 Å². The molecular weight excluding hydrogens is 252 g/mol. The van der Waals surface area contributed by atoms with E-state index in [1.54, 1.807) is 6.07 Å². The van der Waals surface area contributed by atoms with Gasteiger partial charge in [0.1, 0.15) is 5.75 Å². The molecule has 1 N–H and O–H groups in total. The van der Waals surface area contributed by atoms with Gasteiger partial charge in [-0.25, -0.2) is 0 Å². The lowest BCUT2D eigenvalue weighted by Gasteiger charge is -2.10. The number of para-hydroxylation sites is 1. The van der Waals surface area contributed by atoms with Crippen molar-refractivity contribution in [2.24, 2.45) is 0 Å². The van der Waals surface area contributed by atoms with Gasteiger partial charge >= 0.3 is 5.97 Å². The van der Waals surface area contributed by atoms with Crippen molar-refractivity contribution >= 4 is 5.97 Å². The van der Waals surface area contributed by atoms with Crippen LogP contribution in [-0.4, -0.2) is 17.7 Å². The van der Waals surface area contributed by atoms with Crippen LogP contribution in [0.15, 0.2) is 54.6 Å². The fourth-order valence-corrected chi connectivity index (χ4v) is 2.06. The third-order valence-electron chi connectivity index (χ3n) is 3.02. The van der Waals surface area contributed by atoms with Gasteiger partial charge in [-0.1, -0.05) is 48.5 Å². The summed E-state index contributed by atoms with van der Waals surface area (Å²) in [6.45, 7) is 0.589. The van der Waals surface area contributed by atoms with Crippen molar-refractivity contribution in [2.75, 3.05) is 6.61 Å². The van der Waals surface area contributed by atoms with E-state index in [1.807, 2.05) is 36.4 Å². The summed E-state index contributed by atoms with van der Waals surface area (Å²) < 4.78 is 5.70. The van der Waals surface area contributed by atoms with Crippen molar-refractivity contribution in [3.63, 3.8) is 0 Å². The summed E-state index contributed by atoms with van der Waals surface area (Å²) >= 11 is 0. The molecule has 3 nitrogen and oxygen atoms in total. The maximum Gasteiger partial charge on any atom is 0.307 e. The van der Waals surface area contributed by atoms with Gasteiger partial charge in [0.15, 0.2) is 0 Å². The quantitative estimate of drug-likeness (QED) is 0.785. The fraction of sp³-hybridized carbons (Fsp3) is 0.235. The average molecular weight is 270 g/mol. The zero-order valence-corrected chi connectivity index (χ0v) is 11.3. The SMILES string of the molecule is O=C(O)Cc1ccccc1OCCCc1ccccc1. The Balaban J connectivity index is 1.83. The molecule has 2 rings (SSSR count). The second-order valence-corrected chi connectivity index (χ2v) is 4.62. The average Bonchev–Trinajstić information content (AvgIpc) is 2.46. The molecule has 0 heterocycles. The van der Waals surface area contributed by atoms with Crippen molar-refractivity contribution in [1.82, 2.24) is 0 Å². The Morgan fingerprint density at radius 1 is 1.00 bits per heavy atom. The van der Waals surface area contributed by atoms with Crippen molar-refractivity contribution in [2.45, 2.75) is 19.3 Å². The Bertz CT molecular complexity index is 549. The van der Waals surface area contributed by atoms with E-state index in [-0.39, 0.29) is 6.42 Å². The molecule has 0 radical (unpaired) electrons. The second kappa shape index (κ2) is 7.34. The second-order valence-electron chi connectivity index (χ2n) is 4.62. The zero-order chi connectivity index (χ0) is 14.2. The number of ether oxygens (including phenoxy) is 1. The molecule has 0 aromatic heterocycles. The van der Waals surface area contributed by atoms with Crippen LogP contribution < -0.4 is 4.74 Å². The first-order valence-corrected chi connectivity index (χ1v) is 6.72. The van der Waals surface area contributed by atoms with Crippen LogP contribution in [0.3, 0.4) is 0 Å². The number of carboxylic acids is 1. The lowest BCUT2D eigenvalue weighted by Crippen LogP contribution is -2.05. The van der Waals surface area contributed by atoms with Gasteiger partial charge in [-0.15, -0.1) is 0 Å². The van der Waals surface area contributed by atoms with Gasteiger partial charge < -0.3 is 9.84 Å². The lowest BCUT2D eigenvalue weighted by atomic mass is 10.1. The summed E-state index contributed by atoms with van der Waals surface area (Å²) in [6, 6.07) is 17.5. The Hall–Kier alpha value is -2.29. The van der Waals surface area contributed by atoms with Gasteiger partial charge in [0.2, 0.25) is 0 Å². The molecule has 2 aromatic carbocycles. The number of aryl methyl sites for hydroxylation is 1. The third kappa shape index (κ3) is 4.43. The summed E-state index contributed by atoms with van der Waals surface area (Å²) in [7, 11) is 0. The van der Waals surface area contributed by atoms with Crippen LogP contribution in [-0.2, 0) is 17.6 Å². The largest absolute Gasteiger partial charge is 0.493 e. The Labute approximate surface area is 118 Å². The highest BCUT2D eigenvalue weighted by Crippen LogP contribution is 2.19. The van der Waals surface area contributed by atoms with Gasteiger partial charge in [0.25, 0.3) is 0 Å². The number of hydrogen-bond acceptors (Lipinski definition) is 2. The minimum Gasteiger partial charge on any atom is -0.493 e. The van der Waals surface area contributed by atoms with Gasteiger partial charge in [0, 0.05) is 5.56 Å². The molecule has 0 amide bonds. The maximum atomic E-state index is 10.8. The van der Waals surface area contributed by atoms with Crippen LogP contribution in [0.1, 0.15) is 17.5 Å². The van der Waals surface area contributed by atoms with Gasteiger partial charge in [-0.05, 0) is 24.5 Å². The molecule has 104 valence electrons. The summed E-state index contributed by atoms with van der Waals surface area (Å²) in [5.74, 6) is -0.173. The van der Waals surface area contributed by atoms with Gasteiger partial charge in [0.05, 0.1) is 13.0 Å². The fourth-order valence-electron chi connectivity index (χ4n) is 2.06. The van der Waals surface area contributed by atoms with Crippen LogP contribution >= 0.6 is 0 Å². The van der Waals surface area contributed by atoms with Crippen molar-refractivity contribution < 1.29 is 14.6 Å². The summed E-state index contributed by atoms with van der Waals surface area (Å²) in [4.78, 5) is 10.8. The predicted molar refractivity (Wildman–Crippen MR) is 78.0 cm³/mol. The first-order chi connectivity index (χ1) is 9.75. The predicted octanol–water partition coefficient (Wildman–Crippen LogP) is 3.33. The van der Waals surface area contributed by atoms with Crippen molar-refractivity contribution in [1.29, 1.82) is 0 Å². The highest BCUT2D eigenvalue weighted by Gasteiger charge is 2.06. The summed E-state index contributed by atoms with van der Waals surface area (Å²) in [6.07, 6.45) is 1.86. The molecule has 0 bridgehead atoms. The number of carboxylic acid groups (broad SMARTS) is 1. The number of hydrogen-bond donors (Lipinski definition) is 1. The maximum absolute atomic E-state index is 10.8. The van der Waals surface area contributed by atoms with E-state index in [4.69, 9.17) is 9.84 Å².